The Kier molecular flexibility index (Phi) is 38.4. The molecule has 109 heavy (non-hydrogen) atoms. The first-order chi connectivity index (χ1) is 49.6. The first-order valence-corrected chi connectivity index (χ1v) is 40.6. The Balaban J connectivity index is 0.000000269. The molecule has 23 heteroatoms. The van der Waals surface area contributed by atoms with Crippen LogP contribution in [0.5, 0.6) is 0 Å². The molecule has 0 bridgehead atoms. The van der Waals surface area contributed by atoms with Crippen molar-refractivity contribution in [3.8, 4) is 0 Å². The van der Waals surface area contributed by atoms with E-state index in [4.69, 9.17) is 37.6 Å². The van der Waals surface area contributed by atoms with Crippen LogP contribution in [-0.4, -0.2) is 191 Å². The Morgan fingerprint density at radius 3 is 1.09 bits per heavy atom. The van der Waals surface area contributed by atoms with Gasteiger partial charge >= 0.3 is 0 Å². The highest BCUT2D eigenvalue weighted by Gasteiger charge is 2.42. The number of hydrogen-bond acceptors (Lipinski definition) is 22. The molecule has 2 aromatic carbocycles. The van der Waals surface area contributed by atoms with Crippen molar-refractivity contribution < 1.29 is 42.0 Å². The molecule has 1 aliphatic carbocycles. The van der Waals surface area contributed by atoms with Gasteiger partial charge in [0.2, 0.25) is 0 Å². The first kappa shape index (κ1) is 98.2. The molecular weight excluding hydrogens is 1380 g/mol. The SMILES string of the molecule is C.CC1CC(OC(C)(C)C)N(C)N1.CCC1CC(OC(C)(C)C)N(C)N1.CN1NC(C(C)(C)C)CC1OC(C)(C)C.CN1NC(C2CCCCC2)CC1OC(C)(C)C.CN1NC(c2ccc(F)cc2)CC1OC(C)(C)C.CN1NC(c2ccccc2)CC1OC(C)(C)C.CN1NC(c2ccco2)CC1OC(C)(C)C. The maximum atomic E-state index is 12.9. The summed E-state index contributed by atoms with van der Waals surface area (Å²) in [5.74, 6) is 1.62. The largest absolute Gasteiger partial charge is 0.468 e. The van der Waals surface area contributed by atoms with Crippen LogP contribution >= 0.6 is 0 Å². The lowest BCUT2D eigenvalue weighted by molar-refractivity contribution is -0.118. The van der Waals surface area contributed by atoms with Gasteiger partial charge in [0, 0.05) is 118 Å². The molecule has 14 unspecified atom stereocenters. The number of ether oxygens (including phenoxy) is 7. The van der Waals surface area contributed by atoms with Gasteiger partial charge in [0.15, 0.2) is 0 Å². The van der Waals surface area contributed by atoms with Crippen LogP contribution in [0, 0.1) is 17.2 Å². The summed E-state index contributed by atoms with van der Waals surface area (Å²) in [5.41, 5.74) is 26.0. The van der Waals surface area contributed by atoms with Crippen LogP contribution in [0.15, 0.2) is 77.4 Å². The van der Waals surface area contributed by atoms with E-state index in [1.165, 1.54) is 49.8 Å². The van der Waals surface area contributed by atoms with Crippen LogP contribution < -0.4 is 38.0 Å². The second-order valence-corrected chi connectivity index (χ2v) is 39.2. The average molecular weight is 1540 g/mol. The maximum absolute atomic E-state index is 12.9. The number of nitrogens with one attached hydrogen (secondary N) is 7. The number of furan rings is 1. The summed E-state index contributed by atoms with van der Waals surface area (Å²) in [6, 6.07) is 24.0. The Hall–Kier alpha value is -3.19. The predicted octanol–water partition coefficient (Wildman–Crippen LogP) is 16.9. The van der Waals surface area contributed by atoms with E-state index in [9.17, 15) is 4.39 Å². The van der Waals surface area contributed by atoms with E-state index in [1.54, 1.807) is 6.26 Å². The molecule has 1 aromatic heterocycles. The summed E-state index contributed by atoms with van der Waals surface area (Å²) in [5, 5.41) is 14.5. The molecule has 0 spiro atoms. The average Bonchev–Trinajstić information content (AvgIpc) is 1.83. The van der Waals surface area contributed by atoms with E-state index in [0.717, 1.165) is 68.6 Å². The molecule has 8 aliphatic rings. The summed E-state index contributed by atoms with van der Waals surface area (Å²) in [6.45, 7) is 55.1. The van der Waals surface area contributed by atoms with Crippen LogP contribution in [0.2, 0.25) is 0 Å². The zero-order chi connectivity index (χ0) is 81.3. The van der Waals surface area contributed by atoms with Crippen molar-refractivity contribution in [2.45, 2.75) is 396 Å². The van der Waals surface area contributed by atoms with Crippen LogP contribution in [0.4, 0.5) is 4.39 Å². The molecule has 3 aromatic rings. The van der Waals surface area contributed by atoms with Crippen molar-refractivity contribution in [3.05, 3.63) is 95.7 Å². The lowest BCUT2D eigenvalue weighted by atomic mass is 9.83. The number of benzene rings is 2. The number of nitrogens with zero attached hydrogens (tertiary/aromatic N) is 7. The molecule has 0 amide bonds. The summed E-state index contributed by atoms with van der Waals surface area (Å²) in [6.07, 6.45) is 18.2. The second kappa shape index (κ2) is 42.6. The molecule has 8 fully saturated rings. The molecule has 8 heterocycles. The molecule has 22 nitrogen and oxygen atoms in total. The minimum atomic E-state index is -0.201. The predicted molar refractivity (Wildman–Crippen MR) is 445 cm³/mol. The molecule has 11 rings (SSSR count). The number of rotatable bonds is 12. The quantitative estimate of drug-likeness (QED) is 0.0908. The van der Waals surface area contributed by atoms with E-state index in [0.29, 0.717) is 30.2 Å². The van der Waals surface area contributed by atoms with Crippen LogP contribution in [-0.2, 0) is 33.2 Å². The van der Waals surface area contributed by atoms with Crippen molar-refractivity contribution in [1.29, 1.82) is 0 Å². The zero-order valence-electron chi connectivity index (χ0n) is 74.1. The van der Waals surface area contributed by atoms with Crippen LogP contribution in [0.3, 0.4) is 0 Å². The van der Waals surface area contributed by atoms with Gasteiger partial charge < -0.3 is 37.6 Å². The Labute approximate surface area is 664 Å². The normalized spacial score (nSPS) is 29.0. The summed E-state index contributed by atoms with van der Waals surface area (Å²) < 4.78 is 60.1. The molecule has 632 valence electrons. The van der Waals surface area contributed by atoms with Gasteiger partial charge in [-0.15, -0.1) is 0 Å². The summed E-state index contributed by atoms with van der Waals surface area (Å²) >= 11 is 0. The highest BCUT2D eigenvalue weighted by molar-refractivity contribution is 5.21. The van der Waals surface area contributed by atoms with Crippen LogP contribution in [0.25, 0.3) is 0 Å². The monoisotopic (exact) mass is 1540 g/mol. The fraction of sp³-hybridized carbons (Fsp3) is 0.814. The lowest BCUT2D eigenvalue weighted by Gasteiger charge is -2.28. The van der Waals surface area contributed by atoms with Crippen molar-refractivity contribution >= 4 is 0 Å². The molecule has 0 radical (unpaired) electrons. The molecule has 7 saturated heterocycles. The van der Waals surface area contributed by atoms with E-state index < -0.39 is 0 Å². The van der Waals surface area contributed by atoms with Gasteiger partial charge in [-0.2, -0.15) is 0 Å². The molecule has 7 N–H and O–H groups in total. The number of halogens is 1. The Bertz CT molecular complexity index is 2950. The first-order valence-electron chi connectivity index (χ1n) is 40.6. The third-order valence-corrected chi connectivity index (χ3v) is 19.4. The molecule has 1 saturated carbocycles. The van der Waals surface area contributed by atoms with Gasteiger partial charge in [0.25, 0.3) is 0 Å². The fourth-order valence-corrected chi connectivity index (χ4v) is 14.4. The van der Waals surface area contributed by atoms with Gasteiger partial charge in [0.1, 0.15) is 55.2 Å². The Morgan fingerprint density at radius 1 is 0.376 bits per heavy atom. The minimum Gasteiger partial charge on any atom is -0.468 e. The van der Waals surface area contributed by atoms with Crippen molar-refractivity contribution in [2.24, 2.45) is 11.3 Å². The topological polar surface area (TPSA) is 185 Å². The molecule has 7 aliphatic heterocycles. The lowest BCUT2D eigenvalue weighted by Crippen LogP contribution is -2.42. The standard InChI is InChI=1S/C14H21FN2O.C14H28N2O.C14H22N2O.C12H20N2O2.C12H26N2O.C10H22N2O.C9H20N2O.CH4/c1-14(2,3)18-13-9-12(16-17(13)4)10-5-7-11(15)8-6-10;2*1-14(2,3)17-13-10-12(15-16(13)4)11-8-6-5-7-9-11;1-12(2,3)16-11-8-9(13-14(11)4)10-6-5-7-15-10;1-11(2,3)9-8-10(14(7)13-9)15-12(4,5)6;1-6-8-7-9(12(5)11-8)13-10(2,3)4;1-7-6-8(11(5)10-7)12-9(2,3)4;/h5-8,12-13,16H,9H2,1-4H3;11-13,15H,5-10H2,1-4H3;5-9,12-13,15H,10H2,1-4H3;5-7,9,11,13H,8H2,1-4H3;9-10,13H,8H2,1-7H3;8-9,11H,6-7H2,1-5H3;7-8,10H,6H2,1-5H3;1H4. The van der Waals surface area contributed by atoms with E-state index in [-0.39, 0.29) is 114 Å². The zero-order valence-corrected chi connectivity index (χ0v) is 74.1. The third kappa shape index (κ3) is 37.1. The van der Waals surface area contributed by atoms with E-state index >= 15 is 0 Å². The second-order valence-electron chi connectivity index (χ2n) is 39.2. The Morgan fingerprint density at radius 2 is 0.725 bits per heavy atom. The maximum Gasteiger partial charge on any atom is 0.125 e. The van der Waals surface area contributed by atoms with Crippen LogP contribution in [0.1, 0.15) is 306 Å². The molecule has 14 atom stereocenters. The summed E-state index contributed by atoms with van der Waals surface area (Å²) in [4.78, 5) is 0. The van der Waals surface area contributed by atoms with Gasteiger partial charge in [0.05, 0.1) is 63.6 Å². The highest BCUT2D eigenvalue weighted by Crippen LogP contribution is 2.36. The minimum absolute atomic E-state index is 0. The van der Waals surface area contributed by atoms with Gasteiger partial charge in [-0.1, -0.05) is 96.8 Å². The van der Waals surface area contributed by atoms with Crippen molar-refractivity contribution in [1.82, 2.24) is 73.0 Å². The van der Waals surface area contributed by atoms with E-state index in [2.05, 4.69) is 261 Å². The molecular formula is C86H163FN14O8. The van der Waals surface area contributed by atoms with Gasteiger partial charge in [-0.25, -0.2) is 72.0 Å². The number of hydrazine groups is 7. The van der Waals surface area contributed by atoms with Gasteiger partial charge in [-0.3, -0.25) is 5.43 Å². The van der Waals surface area contributed by atoms with Crippen molar-refractivity contribution in [2.75, 3.05) is 49.3 Å². The van der Waals surface area contributed by atoms with E-state index in [1.807, 2.05) is 96.4 Å². The third-order valence-electron chi connectivity index (χ3n) is 19.4. The van der Waals surface area contributed by atoms with Crippen molar-refractivity contribution in [3.63, 3.8) is 0 Å². The number of hydrogen-bond donors (Lipinski definition) is 7. The van der Waals surface area contributed by atoms with Gasteiger partial charge in [-0.05, 0) is 218 Å². The fourth-order valence-electron chi connectivity index (χ4n) is 14.4. The summed E-state index contributed by atoms with van der Waals surface area (Å²) in [7, 11) is 14.3. The smallest absolute Gasteiger partial charge is 0.125 e. The highest BCUT2D eigenvalue weighted by atomic mass is 19.1.